The van der Waals surface area contributed by atoms with Gasteiger partial charge in [0, 0.05) is 24.8 Å². The zero-order valence-electron chi connectivity index (χ0n) is 9.47. The number of H-pyrrole nitrogens is 1. The molecule has 5 nitrogen and oxygen atoms in total. The Morgan fingerprint density at radius 3 is 3.24 bits per heavy atom. The first-order valence-corrected chi connectivity index (χ1v) is 5.96. The highest BCUT2D eigenvalue weighted by atomic mass is 16.3. The molecule has 90 valence electrons. The number of nitrogens with one attached hydrogen (secondary N) is 1. The molecule has 0 amide bonds. The largest absolute Gasteiger partial charge is 0.396 e. The van der Waals surface area contributed by atoms with Crippen LogP contribution in [0.3, 0.4) is 0 Å². The van der Waals surface area contributed by atoms with E-state index in [9.17, 15) is 9.90 Å². The van der Waals surface area contributed by atoms with Crippen molar-refractivity contribution in [3.63, 3.8) is 0 Å². The highest BCUT2D eigenvalue weighted by molar-refractivity contribution is 5.74. The molecule has 2 heterocycles. The zero-order chi connectivity index (χ0) is 11.8. The predicted molar refractivity (Wildman–Crippen MR) is 63.8 cm³/mol. The molecule has 5 heteroatoms. The van der Waals surface area contributed by atoms with Gasteiger partial charge in [0.25, 0.3) is 5.56 Å². The number of fused-ring (bicyclic) bond motifs is 1. The first kappa shape index (κ1) is 10.5. The van der Waals surface area contributed by atoms with E-state index < -0.39 is 0 Å². The number of rotatable bonds is 2. The van der Waals surface area contributed by atoms with Crippen LogP contribution in [0.4, 0.5) is 0 Å². The van der Waals surface area contributed by atoms with Gasteiger partial charge in [-0.25, -0.2) is 4.98 Å². The van der Waals surface area contributed by atoms with E-state index in [0.29, 0.717) is 5.39 Å². The van der Waals surface area contributed by atoms with E-state index in [4.69, 9.17) is 0 Å². The lowest BCUT2D eigenvalue weighted by atomic mass is 10.1. The van der Waals surface area contributed by atoms with Gasteiger partial charge in [0.2, 0.25) is 0 Å². The molecule has 1 aliphatic carbocycles. The molecule has 2 aromatic rings. The molecule has 2 aromatic heterocycles. The molecule has 0 radical (unpaired) electrons. The standard InChI is InChI=1S/C12H15N3O2/c16-6-8-2-1-3-10(8)15-5-4-9-11(15)13-7-14-12(9)17/h4-5,7-8,10,16H,1-3,6H2,(H,13,14,17)/t8-,10-/m0/s1. The van der Waals surface area contributed by atoms with Gasteiger partial charge in [-0.15, -0.1) is 0 Å². The zero-order valence-corrected chi connectivity index (χ0v) is 9.47. The lowest BCUT2D eigenvalue weighted by molar-refractivity contribution is 0.197. The van der Waals surface area contributed by atoms with E-state index in [1.165, 1.54) is 6.33 Å². The summed E-state index contributed by atoms with van der Waals surface area (Å²) >= 11 is 0. The van der Waals surface area contributed by atoms with Gasteiger partial charge in [0.15, 0.2) is 0 Å². The molecule has 0 aliphatic heterocycles. The second-order valence-electron chi connectivity index (χ2n) is 4.63. The fourth-order valence-corrected chi connectivity index (χ4v) is 2.85. The molecule has 0 spiro atoms. The number of hydrogen-bond acceptors (Lipinski definition) is 3. The van der Waals surface area contributed by atoms with Gasteiger partial charge in [-0.3, -0.25) is 4.79 Å². The van der Waals surface area contributed by atoms with Crippen LogP contribution in [-0.2, 0) is 0 Å². The molecule has 0 saturated heterocycles. The molecule has 3 rings (SSSR count). The molecule has 17 heavy (non-hydrogen) atoms. The number of hydrogen-bond donors (Lipinski definition) is 2. The Hall–Kier alpha value is -1.62. The smallest absolute Gasteiger partial charge is 0.260 e. The first-order valence-electron chi connectivity index (χ1n) is 5.96. The average Bonchev–Trinajstić information content (AvgIpc) is 2.94. The van der Waals surface area contributed by atoms with Crippen molar-refractivity contribution < 1.29 is 5.11 Å². The molecular formula is C12H15N3O2. The highest BCUT2D eigenvalue weighted by Gasteiger charge is 2.29. The van der Waals surface area contributed by atoms with E-state index in [0.717, 1.165) is 24.9 Å². The van der Waals surface area contributed by atoms with E-state index in [-0.39, 0.29) is 24.1 Å². The van der Waals surface area contributed by atoms with E-state index in [2.05, 4.69) is 9.97 Å². The van der Waals surface area contributed by atoms with E-state index >= 15 is 0 Å². The lowest BCUT2D eigenvalue weighted by Crippen LogP contribution is -2.17. The maximum absolute atomic E-state index is 11.6. The Bertz CT molecular complexity index is 587. The van der Waals surface area contributed by atoms with Crippen molar-refractivity contribution in [1.29, 1.82) is 0 Å². The van der Waals surface area contributed by atoms with Crippen molar-refractivity contribution in [2.24, 2.45) is 5.92 Å². The summed E-state index contributed by atoms with van der Waals surface area (Å²) in [6, 6.07) is 2.07. The minimum atomic E-state index is -0.104. The van der Waals surface area contributed by atoms with Crippen LogP contribution in [0.1, 0.15) is 25.3 Å². The molecule has 2 N–H and O–H groups in total. The molecule has 0 bridgehead atoms. The number of aliphatic hydroxyl groups excluding tert-OH is 1. The van der Waals surface area contributed by atoms with Crippen molar-refractivity contribution in [1.82, 2.24) is 14.5 Å². The predicted octanol–water partition coefficient (Wildman–Crippen LogP) is 1.06. The maximum Gasteiger partial charge on any atom is 0.260 e. The minimum Gasteiger partial charge on any atom is -0.396 e. The quantitative estimate of drug-likeness (QED) is 0.814. The third-order valence-electron chi connectivity index (χ3n) is 3.73. The molecule has 0 aromatic carbocycles. The van der Waals surface area contributed by atoms with Gasteiger partial charge >= 0.3 is 0 Å². The van der Waals surface area contributed by atoms with Gasteiger partial charge in [-0.1, -0.05) is 6.42 Å². The van der Waals surface area contributed by atoms with Crippen LogP contribution in [0.5, 0.6) is 0 Å². The van der Waals surface area contributed by atoms with Crippen LogP contribution >= 0.6 is 0 Å². The van der Waals surface area contributed by atoms with E-state index in [1.807, 2.05) is 10.8 Å². The monoisotopic (exact) mass is 233 g/mol. The second kappa shape index (κ2) is 4.00. The summed E-state index contributed by atoms with van der Waals surface area (Å²) in [6.07, 6.45) is 6.56. The SMILES string of the molecule is O=c1[nH]cnc2c1ccn2[C@H]1CCC[C@H]1CO. The highest BCUT2D eigenvalue weighted by Crippen LogP contribution is 2.36. The topological polar surface area (TPSA) is 70.9 Å². The molecule has 1 saturated carbocycles. The van der Waals surface area contributed by atoms with Crippen LogP contribution in [0, 0.1) is 5.92 Å². The van der Waals surface area contributed by atoms with Gasteiger partial charge in [-0.05, 0) is 18.9 Å². The number of aromatic nitrogens is 3. The molecule has 0 unspecified atom stereocenters. The van der Waals surface area contributed by atoms with Crippen LogP contribution in [0.25, 0.3) is 11.0 Å². The fourth-order valence-electron chi connectivity index (χ4n) is 2.85. The summed E-state index contributed by atoms with van der Waals surface area (Å²) in [5, 5.41) is 9.98. The normalized spacial score (nSPS) is 24.5. The first-order chi connectivity index (χ1) is 8.31. The van der Waals surface area contributed by atoms with Crippen LogP contribution in [0.15, 0.2) is 23.4 Å². The van der Waals surface area contributed by atoms with Gasteiger partial charge in [0.05, 0.1) is 11.7 Å². The lowest BCUT2D eigenvalue weighted by Gasteiger charge is -2.19. The van der Waals surface area contributed by atoms with Gasteiger partial charge in [0.1, 0.15) is 5.65 Å². The summed E-state index contributed by atoms with van der Waals surface area (Å²) in [4.78, 5) is 18.4. The Kier molecular flexibility index (Phi) is 2.48. The maximum atomic E-state index is 11.6. The summed E-state index contributed by atoms with van der Waals surface area (Å²) in [6.45, 7) is 0.202. The van der Waals surface area contributed by atoms with Crippen LogP contribution in [0.2, 0.25) is 0 Å². The summed E-state index contributed by atoms with van der Waals surface area (Å²) in [5.41, 5.74) is 0.617. The molecule has 1 aliphatic rings. The van der Waals surface area contributed by atoms with Gasteiger partial charge < -0.3 is 14.7 Å². The van der Waals surface area contributed by atoms with Crippen LogP contribution < -0.4 is 5.56 Å². The third kappa shape index (κ3) is 1.58. The van der Waals surface area contributed by atoms with Crippen molar-refractivity contribution in [2.75, 3.05) is 6.61 Å². The summed E-state index contributed by atoms with van der Waals surface area (Å²) in [7, 11) is 0. The Morgan fingerprint density at radius 2 is 2.41 bits per heavy atom. The number of aliphatic hydroxyl groups is 1. The average molecular weight is 233 g/mol. The van der Waals surface area contributed by atoms with Crippen molar-refractivity contribution in [3.05, 3.63) is 28.9 Å². The van der Waals surface area contributed by atoms with Gasteiger partial charge in [-0.2, -0.15) is 0 Å². The number of aromatic amines is 1. The second-order valence-corrected chi connectivity index (χ2v) is 4.63. The van der Waals surface area contributed by atoms with Crippen molar-refractivity contribution in [3.8, 4) is 0 Å². The minimum absolute atomic E-state index is 0.104. The Morgan fingerprint density at radius 1 is 1.53 bits per heavy atom. The van der Waals surface area contributed by atoms with Crippen molar-refractivity contribution >= 4 is 11.0 Å². The Labute approximate surface area is 98.1 Å². The Balaban J connectivity index is 2.12. The molecular weight excluding hydrogens is 218 g/mol. The molecule has 1 fully saturated rings. The summed E-state index contributed by atoms with van der Waals surface area (Å²) < 4.78 is 2.04. The third-order valence-corrected chi connectivity index (χ3v) is 3.73. The number of nitrogens with zero attached hydrogens (tertiary/aromatic N) is 2. The molecule has 2 atom stereocenters. The summed E-state index contributed by atoms with van der Waals surface area (Å²) in [5.74, 6) is 0.284. The van der Waals surface area contributed by atoms with Crippen molar-refractivity contribution in [2.45, 2.75) is 25.3 Å². The van der Waals surface area contributed by atoms with E-state index in [1.54, 1.807) is 6.07 Å². The van der Waals surface area contributed by atoms with Crippen LogP contribution in [-0.4, -0.2) is 26.2 Å². The fraction of sp³-hybridized carbons (Fsp3) is 0.500.